The van der Waals surface area contributed by atoms with E-state index in [0.717, 1.165) is 21.5 Å². The van der Waals surface area contributed by atoms with E-state index in [1.54, 1.807) is 23.1 Å². The number of rotatable bonds is 7. The molecule has 2 rings (SSSR count). The fraction of sp³-hybridized carbons (Fsp3) is 0.800. The van der Waals surface area contributed by atoms with Crippen LogP contribution in [-0.4, -0.2) is 39.7 Å². The molecule has 6 heteroatoms. The highest BCUT2D eigenvalue weighted by Gasteiger charge is 2.23. The quantitative estimate of drug-likeness (QED) is 0.726. The Balaban J connectivity index is 1.65. The van der Waals surface area contributed by atoms with E-state index in [2.05, 4.69) is 15.5 Å². The molecule has 4 nitrogen and oxygen atoms in total. The van der Waals surface area contributed by atoms with Gasteiger partial charge in [-0.25, -0.2) is 0 Å². The Bertz CT molecular complexity index is 328. The molecular formula is C10H17N3OS2. The number of aromatic nitrogens is 2. The maximum Gasteiger partial charge on any atom is 0.174 e. The number of aliphatic hydroxyl groups excluding tert-OH is 1. The minimum atomic E-state index is 0.228. The average molecular weight is 259 g/mol. The third-order valence-electron chi connectivity index (χ3n) is 2.47. The zero-order chi connectivity index (χ0) is 11.4. The largest absolute Gasteiger partial charge is 0.395 e. The summed E-state index contributed by atoms with van der Waals surface area (Å²) >= 11 is 3.36. The molecule has 0 aliphatic heterocycles. The number of nitrogens with zero attached hydrogens (tertiary/aromatic N) is 2. The van der Waals surface area contributed by atoms with Crippen LogP contribution in [0.4, 0.5) is 0 Å². The lowest BCUT2D eigenvalue weighted by molar-refractivity contribution is 0.239. The van der Waals surface area contributed by atoms with E-state index < -0.39 is 0 Å². The fourth-order valence-corrected chi connectivity index (χ4v) is 3.37. The van der Waals surface area contributed by atoms with Gasteiger partial charge in [-0.1, -0.05) is 23.1 Å². The summed E-state index contributed by atoms with van der Waals surface area (Å²) in [7, 11) is 0. The van der Waals surface area contributed by atoms with Crippen molar-refractivity contribution in [3.05, 3.63) is 5.01 Å². The summed E-state index contributed by atoms with van der Waals surface area (Å²) in [6, 6.07) is 0.903. The number of nitrogens with one attached hydrogen (secondary N) is 1. The van der Waals surface area contributed by atoms with Crippen molar-refractivity contribution in [2.75, 3.05) is 12.4 Å². The molecule has 90 valence electrons. The van der Waals surface area contributed by atoms with Gasteiger partial charge in [0.15, 0.2) is 4.34 Å². The van der Waals surface area contributed by atoms with Crippen LogP contribution in [0.3, 0.4) is 0 Å². The van der Waals surface area contributed by atoms with E-state index >= 15 is 0 Å². The van der Waals surface area contributed by atoms with Crippen LogP contribution in [0.1, 0.15) is 24.3 Å². The summed E-state index contributed by atoms with van der Waals surface area (Å²) in [5, 5.41) is 21.7. The first-order valence-corrected chi connectivity index (χ1v) is 7.38. The van der Waals surface area contributed by atoms with E-state index in [4.69, 9.17) is 0 Å². The van der Waals surface area contributed by atoms with Crippen molar-refractivity contribution < 1.29 is 5.11 Å². The van der Waals surface area contributed by atoms with Gasteiger partial charge >= 0.3 is 0 Å². The minimum absolute atomic E-state index is 0.228. The molecular weight excluding hydrogens is 242 g/mol. The highest BCUT2D eigenvalue weighted by molar-refractivity contribution is 8.01. The van der Waals surface area contributed by atoms with Crippen LogP contribution >= 0.6 is 23.1 Å². The lowest BCUT2D eigenvalue weighted by Gasteiger charge is -2.14. The second-order valence-corrected chi connectivity index (χ2v) is 6.57. The number of hydrogen-bond acceptors (Lipinski definition) is 6. The van der Waals surface area contributed by atoms with E-state index in [0.29, 0.717) is 6.04 Å². The van der Waals surface area contributed by atoms with Crippen LogP contribution in [0.5, 0.6) is 0 Å². The molecule has 1 aliphatic carbocycles. The topological polar surface area (TPSA) is 58.0 Å². The first kappa shape index (κ1) is 12.3. The molecule has 1 aliphatic rings. The maximum absolute atomic E-state index is 9.21. The van der Waals surface area contributed by atoms with Crippen molar-refractivity contribution in [1.82, 2.24) is 15.5 Å². The van der Waals surface area contributed by atoms with Gasteiger partial charge < -0.3 is 10.4 Å². The lowest BCUT2D eigenvalue weighted by atomic mass is 10.2. The summed E-state index contributed by atoms with van der Waals surface area (Å²) in [6.45, 7) is 2.19. The highest BCUT2D eigenvalue weighted by Crippen LogP contribution is 2.24. The predicted octanol–water partition coefficient (Wildman–Crippen LogP) is 1.44. The number of aryl methyl sites for hydroxylation is 1. The molecule has 0 spiro atoms. The molecule has 1 aromatic heterocycles. The Hall–Kier alpha value is -0.170. The molecule has 1 aromatic rings. The van der Waals surface area contributed by atoms with Crippen LogP contribution < -0.4 is 5.32 Å². The first-order chi connectivity index (χ1) is 7.78. The first-order valence-electron chi connectivity index (χ1n) is 5.57. The number of aliphatic hydroxyl groups is 1. The molecule has 1 atom stereocenters. The van der Waals surface area contributed by atoms with Gasteiger partial charge in [0.1, 0.15) is 5.01 Å². The Morgan fingerprint density at radius 1 is 1.56 bits per heavy atom. The molecule has 2 N–H and O–H groups in total. The third-order valence-corrected chi connectivity index (χ3v) is 4.47. The number of thioether (sulfide) groups is 1. The normalized spacial score (nSPS) is 17.6. The van der Waals surface area contributed by atoms with Gasteiger partial charge in [0.25, 0.3) is 0 Å². The average Bonchev–Trinajstić information content (AvgIpc) is 3.00. The van der Waals surface area contributed by atoms with Crippen LogP contribution in [0, 0.1) is 6.92 Å². The van der Waals surface area contributed by atoms with Gasteiger partial charge in [0.05, 0.1) is 6.61 Å². The van der Waals surface area contributed by atoms with Crippen molar-refractivity contribution in [1.29, 1.82) is 0 Å². The minimum Gasteiger partial charge on any atom is -0.395 e. The molecule has 1 heterocycles. The van der Waals surface area contributed by atoms with Crippen molar-refractivity contribution in [3.8, 4) is 0 Å². The van der Waals surface area contributed by atoms with Gasteiger partial charge in [0.2, 0.25) is 0 Å². The van der Waals surface area contributed by atoms with Crippen molar-refractivity contribution in [2.24, 2.45) is 0 Å². The summed E-state index contributed by atoms with van der Waals surface area (Å²) in [6.07, 6.45) is 3.51. The SMILES string of the molecule is Cc1nnc(SCCC(CO)NC2CC2)s1. The molecule has 0 radical (unpaired) electrons. The standard InChI is InChI=1S/C10H17N3OS2/c1-7-12-13-10(16-7)15-5-4-9(6-14)11-8-2-3-8/h8-9,11,14H,2-6H2,1H3. The molecule has 1 unspecified atom stereocenters. The summed E-state index contributed by atoms with van der Waals surface area (Å²) < 4.78 is 1.03. The van der Waals surface area contributed by atoms with E-state index in [1.165, 1.54) is 12.8 Å². The molecule has 0 aromatic carbocycles. The van der Waals surface area contributed by atoms with Gasteiger partial charge in [-0.15, -0.1) is 10.2 Å². The van der Waals surface area contributed by atoms with Gasteiger partial charge in [-0.2, -0.15) is 0 Å². The maximum atomic E-state index is 9.21. The fourth-order valence-electron chi connectivity index (χ4n) is 1.44. The van der Waals surface area contributed by atoms with E-state index in [1.807, 2.05) is 6.92 Å². The van der Waals surface area contributed by atoms with Crippen molar-refractivity contribution in [2.45, 2.75) is 42.6 Å². The van der Waals surface area contributed by atoms with Crippen molar-refractivity contribution in [3.63, 3.8) is 0 Å². The van der Waals surface area contributed by atoms with Gasteiger partial charge in [0, 0.05) is 17.8 Å². The van der Waals surface area contributed by atoms with Gasteiger partial charge in [-0.3, -0.25) is 0 Å². The third kappa shape index (κ3) is 4.01. The molecule has 1 saturated carbocycles. The molecule has 16 heavy (non-hydrogen) atoms. The Morgan fingerprint density at radius 3 is 2.94 bits per heavy atom. The molecule has 0 amide bonds. The summed E-state index contributed by atoms with van der Waals surface area (Å²) in [5.41, 5.74) is 0. The monoisotopic (exact) mass is 259 g/mol. The predicted molar refractivity (Wildman–Crippen MR) is 67.0 cm³/mol. The zero-order valence-corrected chi connectivity index (χ0v) is 11.0. The second kappa shape index (κ2) is 5.95. The summed E-state index contributed by atoms with van der Waals surface area (Å²) in [5.74, 6) is 0.986. The van der Waals surface area contributed by atoms with Crippen LogP contribution in [0.25, 0.3) is 0 Å². The van der Waals surface area contributed by atoms with Gasteiger partial charge in [-0.05, 0) is 26.2 Å². The molecule has 1 fully saturated rings. The Labute approximate surface area is 104 Å². The Morgan fingerprint density at radius 2 is 2.38 bits per heavy atom. The zero-order valence-electron chi connectivity index (χ0n) is 9.35. The van der Waals surface area contributed by atoms with E-state index in [-0.39, 0.29) is 12.6 Å². The number of hydrogen-bond donors (Lipinski definition) is 2. The van der Waals surface area contributed by atoms with E-state index in [9.17, 15) is 5.11 Å². The molecule has 0 saturated heterocycles. The van der Waals surface area contributed by atoms with Crippen LogP contribution in [-0.2, 0) is 0 Å². The van der Waals surface area contributed by atoms with Crippen LogP contribution in [0.2, 0.25) is 0 Å². The summed E-state index contributed by atoms with van der Waals surface area (Å²) in [4.78, 5) is 0. The second-order valence-electron chi connectivity index (χ2n) is 4.04. The van der Waals surface area contributed by atoms with Crippen molar-refractivity contribution >= 4 is 23.1 Å². The Kier molecular flexibility index (Phi) is 4.57. The molecule has 0 bridgehead atoms. The lowest BCUT2D eigenvalue weighted by Crippen LogP contribution is -2.34. The highest BCUT2D eigenvalue weighted by atomic mass is 32.2. The van der Waals surface area contributed by atoms with Crippen LogP contribution in [0.15, 0.2) is 4.34 Å². The smallest absolute Gasteiger partial charge is 0.174 e.